The first-order valence-corrected chi connectivity index (χ1v) is 9.86. The first kappa shape index (κ1) is 24.0. The molecule has 0 aliphatic rings. The molecule has 0 aliphatic heterocycles. The van der Waals surface area contributed by atoms with E-state index in [0.29, 0.717) is 6.54 Å². The lowest BCUT2D eigenvalue weighted by atomic mass is 10.0. The van der Waals surface area contributed by atoms with E-state index in [1.54, 1.807) is 26.4 Å². The summed E-state index contributed by atoms with van der Waals surface area (Å²) in [6.07, 6.45) is 0.243. The standard InChI is InChI=1S/C22H22FN3O2.C2H6O/c23-18-10-8-15(9-11-18)12-20(26-21(27)13-24)22(28)25-14-17-6-3-5-16-4-1-2-7-19(16)17;1-3-2/h1-11,20H,12-14,24H2,(H,25,28)(H,26,27);1-2H3. The molecule has 1 atom stereocenters. The molecular formula is C24H28FN3O3. The molecule has 7 heteroatoms. The first-order chi connectivity index (χ1) is 15.0. The number of halogens is 1. The van der Waals surface area contributed by atoms with Gasteiger partial charge in [-0.1, -0.05) is 54.6 Å². The number of benzene rings is 3. The third-order valence-corrected chi connectivity index (χ3v) is 4.52. The summed E-state index contributed by atoms with van der Waals surface area (Å²) in [4.78, 5) is 24.5. The Morgan fingerprint density at radius 2 is 1.65 bits per heavy atom. The van der Waals surface area contributed by atoms with Crippen molar-refractivity contribution in [2.75, 3.05) is 20.8 Å². The van der Waals surface area contributed by atoms with Crippen molar-refractivity contribution in [1.82, 2.24) is 10.6 Å². The molecule has 0 heterocycles. The number of hydrogen-bond acceptors (Lipinski definition) is 4. The van der Waals surface area contributed by atoms with Crippen LogP contribution in [0.3, 0.4) is 0 Å². The maximum atomic E-state index is 13.1. The zero-order valence-corrected chi connectivity index (χ0v) is 17.7. The lowest BCUT2D eigenvalue weighted by molar-refractivity contribution is -0.128. The summed E-state index contributed by atoms with van der Waals surface area (Å²) in [6.45, 7) is 0.120. The van der Waals surface area contributed by atoms with Crippen LogP contribution in [0.4, 0.5) is 4.39 Å². The quantitative estimate of drug-likeness (QED) is 0.542. The van der Waals surface area contributed by atoms with Gasteiger partial charge in [0, 0.05) is 27.2 Å². The number of fused-ring (bicyclic) bond motifs is 1. The van der Waals surface area contributed by atoms with Crippen molar-refractivity contribution >= 4 is 22.6 Å². The largest absolute Gasteiger partial charge is 0.388 e. The predicted molar refractivity (Wildman–Crippen MR) is 120 cm³/mol. The van der Waals surface area contributed by atoms with E-state index in [4.69, 9.17) is 5.73 Å². The topological polar surface area (TPSA) is 93.4 Å². The highest BCUT2D eigenvalue weighted by atomic mass is 19.1. The smallest absolute Gasteiger partial charge is 0.243 e. The van der Waals surface area contributed by atoms with Gasteiger partial charge in [-0.2, -0.15) is 0 Å². The zero-order valence-electron chi connectivity index (χ0n) is 17.7. The fraction of sp³-hybridized carbons (Fsp3) is 0.250. The fourth-order valence-electron chi connectivity index (χ4n) is 3.07. The van der Waals surface area contributed by atoms with E-state index in [9.17, 15) is 14.0 Å². The normalized spacial score (nSPS) is 11.2. The van der Waals surface area contributed by atoms with Crippen LogP contribution in [0.15, 0.2) is 66.7 Å². The van der Waals surface area contributed by atoms with Gasteiger partial charge in [0.05, 0.1) is 6.54 Å². The number of hydrogen-bond donors (Lipinski definition) is 3. The third kappa shape index (κ3) is 7.47. The summed E-state index contributed by atoms with van der Waals surface area (Å²) < 4.78 is 17.4. The molecule has 6 nitrogen and oxygen atoms in total. The van der Waals surface area contributed by atoms with Crippen molar-refractivity contribution in [3.05, 3.63) is 83.7 Å². The van der Waals surface area contributed by atoms with Gasteiger partial charge in [0.15, 0.2) is 0 Å². The lowest BCUT2D eigenvalue weighted by Crippen LogP contribution is -2.49. The molecule has 31 heavy (non-hydrogen) atoms. The second-order valence-electron chi connectivity index (χ2n) is 6.92. The van der Waals surface area contributed by atoms with Crippen molar-refractivity contribution in [3.8, 4) is 0 Å². The Kier molecular flexibility index (Phi) is 9.61. The number of amides is 2. The van der Waals surface area contributed by atoms with Crippen LogP contribution < -0.4 is 16.4 Å². The summed E-state index contributed by atoms with van der Waals surface area (Å²) in [5, 5.41) is 7.67. The van der Waals surface area contributed by atoms with Crippen LogP contribution in [0, 0.1) is 5.82 Å². The second kappa shape index (κ2) is 12.4. The molecule has 0 saturated carbocycles. The van der Waals surface area contributed by atoms with Crippen molar-refractivity contribution in [3.63, 3.8) is 0 Å². The summed E-state index contributed by atoms with van der Waals surface area (Å²) >= 11 is 0. The monoisotopic (exact) mass is 425 g/mol. The van der Waals surface area contributed by atoms with Crippen LogP contribution in [-0.4, -0.2) is 38.6 Å². The fourth-order valence-corrected chi connectivity index (χ4v) is 3.07. The minimum atomic E-state index is -0.795. The molecule has 0 aliphatic carbocycles. The van der Waals surface area contributed by atoms with Gasteiger partial charge in [-0.25, -0.2) is 4.39 Å². The summed E-state index contributed by atoms with van der Waals surface area (Å²) in [6, 6.07) is 18.9. The van der Waals surface area contributed by atoms with Gasteiger partial charge in [0.1, 0.15) is 11.9 Å². The Labute approximate surface area is 181 Å². The highest BCUT2D eigenvalue weighted by Gasteiger charge is 2.21. The van der Waals surface area contributed by atoms with Gasteiger partial charge in [-0.05, 0) is 34.0 Å². The van der Waals surface area contributed by atoms with Gasteiger partial charge in [0.25, 0.3) is 0 Å². The van der Waals surface area contributed by atoms with E-state index in [1.807, 2.05) is 42.5 Å². The van der Waals surface area contributed by atoms with Crippen molar-refractivity contribution in [2.45, 2.75) is 19.0 Å². The molecule has 0 fully saturated rings. The van der Waals surface area contributed by atoms with E-state index < -0.39 is 11.9 Å². The molecule has 1 unspecified atom stereocenters. The van der Waals surface area contributed by atoms with E-state index in [1.165, 1.54) is 12.1 Å². The van der Waals surface area contributed by atoms with E-state index >= 15 is 0 Å². The number of methoxy groups -OCH3 is 1. The molecule has 3 aromatic carbocycles. The number of nitrogens with two attached hydrogens (primary N) is 1. The highest BCUT2D eigenvalue weighted by Crippen LogP contribution is 2.18. The Morgan fingerprint density at radius 3 is 2.32 bits per heavy atom. The molecule has 3 aromatic rings. The van der Waals surface area contributed by atoms with Crippen molar-refractivity contribution < 1.29 is 18.7 Å². The maximum absolute atomic E-state index is 13.1. The zero-order chi connectivity index (χ0) is 22.6. The summed E-state index contributed by atoms with van der Waals surface area (Å²) in [7, 11) is 3.25. The highest BCUT2D eigenvalue weighted by molar-refractivity contribution is 5.89. The number of carbonyl (C=O) groups is 2. The number of nitrogens with one attached hydrogen (secondary N) is 2. The first-order valence-electron chi connectivity index (χ1n) is 9.86. The summed E-state index contributed by atoms with van der Waals surface area (Å²) in [5.41, 5.74) is 7.09. The lowest BCUT2D eigenvalue weighted by Gasteiger charge is -2.19. The Bertz CT molecular complexity index is 988. The molecule has 3 rings (SSSR count). The minimum absolute atomic E-state index is 0.212. The van der Waals surface area contributed by atoms with Gasteiger partial charge in [0.2, 0.25) is 11.8 Å². The summed E-state index contributed by atoms with van der Waals surface area (Å²) in [5.74, 6) is -1.10. The SMILES string of the molecule is COC.NCC(=O)NC(Cc1ccc(F)cc1)C(=O)NCc1cccc2ccccc12. The van der Waals surface area contributed by atoms with Crippen LogP contribution in [0.2, 0.25) is 0 Å². The van der Waals surface area contributed by atoms with Gasteiger partial charge in [-0.3, -0.25) is 9.59 Å². The van der Waals surface area contributed by atoms with Crippen LogP contribution in [-0.2, 0) is 27.3 Å². The van der Waals surface area contributed by atoms with Crippen molar-refractivity contribution in [2.24, 2.45) is 5.73 Å². The second-order valence-corrected chi connectivity index (χ2v) is 6.92. The van der Waals surface area contributed by atoms with E-state index in [0.717, 1.165) is 21.9 Å². The van der Waals surface area contributed by atoms with Crippen LogP contribution in [0.25, 0.3) is 10.8 Å². The average Bonchev–Trinajstić information content (AvgIpc) is 2.78. The minimum Gasteiger partial charge on any atom is -0.388 e. The molecule has 0 radical (unpaired) electrons. The molecular weight excluding hydrogens is 397 g/mol. The molecule has 0 aromatic heterocycles. The Morgan fingerprint density at radius 1 is 1.00 bits per heavy atom. The molecule has 0 spiro atoms. The van der Waals surface area contributed by atoms with E-state index in [2.05, 4.69) is 15.4 Å². The number of ether oxygens (including phenoxy) is 1. The van der Waals surface area contributed by atoms with E-state index in [-0.39, 0.29) is 24.7 Å². The van der Waals surface area contributed by atoms with Gasteiger partial charge in [-0.15, -0.1) is 0 Å². The molecule has 164 valence electrons. The Balaban J connectivity index is 0.00000107. The van der Waals surface area contributed by atoms with Gasteiger partial charge >= 0.3 is 0 Å². The average molecular weight is 426 g/mol. The maximum Gasteiger partial charge on any atom is 0.243 e. The van der Waals surface area contributed by atoms with Crippen molar-refractivity contribution in [1.29, 1.82) is 0 Å². The van der Waals surface area contributed by atoms with Crippen LogP contribution in [0.5, 0.6) is 0 Å². The molecule has 0 bridgehead atoms. The van der Waals surface area contributed by atoms with Crippen LogP contribution >= 0.6 is 0 Å². The van der Waals surface area contributed by atoms with Crippen LogP contribution in [0.1, 0.15) is 11.1 Å². The number of carbonyl (C=O) groups excluding carboxylic acids is 2. The third-order valence-electron chi connectivity index (χ3n) is 4.52. The predicted octanol–water partition coefficient (Wildman–Crippen LogP) is 2.54. The molecule has 4 N–H and O–H groups in total. The molecule has 0 saturated heterocycles. The molecule has 2 amide bonds. The van der Waals surface area contributed by atoms with Gasteiger partial charge < -0.3 is 21.1 Å². The Hall–Kier alpha value is -3.29. The number of rotatable bonds is 7.